The molecular formula is C21H20N2O5S3. The van der Waals surface area contributed by atoms with Crippen LogP contribution in [0.2, 0.25) is 0 Å². The Labute approximate surface area is 188 Å². The fraction of sp³-hybridized carbons (Fsp3) is 0.286. The first-order valence-corrected chi connectivity index (χ1v) is 13.2. The fourth-order valence-electron chi connectivity index (χ4n) is 3.41. The predicted molar refractivity (Wildman–Crippen MR) is 121 cm³/mol. The summed E-state index contributed by atoms with van der Waals surface area (Å²) in [6, 6.07) is 8.83. The molecule has 3 heterocycles. The maximum absolute atomic E-state index is 12.5. The van der Waals surface area contributed by atoms with Gasteiger partial charge in [-0.05, 0) is 48.1 Å². The van der Waals surface area contributed by atoms with Crippen molar-refractivity contribution in [3.05, 3.63) is 57.9 Å². The van der Waals surface area contributed by atoms with Crippen LogP contribution < -0.4 is 4.31 Å². The predicted octanol–water partition coefficient (Wildman–Crippen LogP) is 3.55. The number of sulfonamides is 1. The van der Waals surface area contributed by atoms with Gasteiger partial charge in [-0.25, -0.2) is 13.4 Å². The van der Waals surface area contributed by atoms with Crippen molar-refractivity contribution in [2.24, 2.45) is 0 Å². The number of carbonyl (C=O) groups excluding carboxylic acids is 2. The molecule has 10 heteroatoms. The number of anilines is 1. The van der Waals surface area contributed by atoms with Crippen LogP contribution in [0.15, 0.2) is 41.1 Å². The van der Waals surface area contributed by atoms with E-state index in [0.717, 1.165) is 15.4 Å². The van der Waals surface area contributed by atoms with E-state index in [0.29, 0.717) is 36.3 Å². The van der Waals surface area contributed by atoms with Gasteiger partial charge in [-0.2, -0.15) is 0 Å². The highest BCUT2D eigenvalue weighted by molar-refractivity contribution is 7.92. The molecule has 0 radical (unpaired) electrons. The van der Waals surface area contributed by atoms with Crippen LogP contribution in [-0.2, 0) is 32.4 Å². The van der Waals surface area contributed by atoms with E-state index in [1.54, 1.807) is 29.5 Å². The van der Waals surface area contributed by atoms with E-state index in [9.17, 15) is 18.0 Å². The first-order valence-electron chi connectivity index (χ1n) is 9.59. The number of thiophene rings is 1. The molecule has 0 unspecified atom stereocenters. The number of ether oxygens (including phenoxy) is 1. The van der Waals surface area contributed by atoms with E-state index in [1.165, 1.54) is 21.9 Å². The third kappa shape index (κ3) is 5.03. The van der Waals surface area contributed by atoms with Gasteiger partial charge in [-0.15, -0.1) is 22.7 Å². The Morgan fingerprint density at radius 1 is 1.23 bits per heavy atom. The van der Waals surface area contributed by atoms with Crippen LogP contribution in [0.1, 0.15) is 28.0 Å². The fourth-order valence-corrected chi connectivity index (χ4v) is 6.04. The standard InChI is InChI=1S/C21H20N2O5S3/c1-31(26,27)23-8-2-4-14-10-15(6-7-17(14)23)18(24)12-28-20(25)11-16-13-30-21(22-16)19-5-3-9-29-19/h3,5-7,9-10,13H,2,4,8,11-12H2,1H3. The summed E-state index contributed by atoms with van der Waals surface area (Å²) in [6.07, 6.45) is 2.56. The van der Waals surface area contributed by atoms with Crippen LogP contribution >= 0.6 is 22.7 Å². The molecule has 0 aliphatic carbocycles. The van der Waals surface area contributed by atoms with E-state index >= 15 is 0 Å². The molecule has 0 fully saturated rings. The largest absolute Gasteiger partial charge is 0.457 e. The molecule has 1 aromatic carbocycles. The van der Waals surface area contributed by atoms with Gasteiger partial charge < -0.3 is 4.74 Å². The number of aromatic nitrogens is 1. The summed E-state index contributed by atoms with van der Waals surface area (Å²) < 4.78 is 30.4. The summed E-state index contributed by atoms with van der Waals surface area (Å²) >= 11 is 3.04. The zero-order valence-corrected chi connectivity index (χ0v) is 19.2. The van der Waals surface area contributed by atoms with Gasteiger partial charge in [0.05, 0.1) is 28.9 Å². The first-order chi connectivity index (χ1) is 14.8. The van der Waals surface area contributed by atoms with Gasteiger partial charge in [0.2, 0.25) is 10.0 Å². The normalized spacial score (nSPS) is 13.6. The number of hydrogen-bond acceptors (Lipinski definition) is 8. The quantitative estimate of drug-likeness (QED) is 0.382. The number of Topliss-reactive ketones (excluding diaryl/α,β-unsaturated/α-hetero) is 1. The highest BCUT2D eigenvalue weighted by Gasteiger charge is 2.25. The number of fused-ring (bicyclic) bond motifs is 1. The summed E-state index contributed by atoms with van der Waals surface area (Å²) in [5, 5.41) is 4.64. The van der Waals surface area contributed by atoms with Crippen LogP contribution in [0, 0.1) is 0 Å². The molecule has 162 valence electrons. The van der Waals surface area contributed by atoms with Gasteiger partial charge in [-0.3, -0.25) is 13.9 Å². The third-order valence-electron chi connectivity index (χ3n) is 4.85. The average Bonchev–Trinajstić information content (AvgIpc) is 3.42. The smallest absolute Gasteiger partial charge is 0.312 e. The third-order valence-corrected chi connectivity index (χ3v) is 7.96. The van der Waals surface area contributed by atoms with Gasteiger partial charge in [0.25, 0.3) is 0 Å². The van der Waals surface area contributed by atoms with Crippen molar-refractivity contribution in [2.45, 2.75) is 19.3 Å². The summed E-state index contributed by atoms with van der Waals surface area (Å²) in [7, 11) is -3.36. The van der Waals surface area contributed by atoms with Crippen LogP contribution in [0.5, 0.6) is 0 Å². The maximum atomic E-state index is 12.5. The van der Waals surface area contributed by atoms with Crippen molar-refractivity contribution in [1.29, 1.82) is 0 Å². The lowest BCUT2D eigenvalue weighted by atomic mass is 9.99. The van der Waals surface area contributed by atoms with E-state index in [-0.39, 0.29) is 18.8 Å². The molecule has 1 aliphatic rings. The Bertz CT molecular complexity index is 1220. The van der Waals surface area contributed by atoms with Crippen molar-refractivity contribution in [2.75, 3.05) is 23.7 Å². The molecule has 4 rings (SSSR count). The Balaban J connectivity index is 1.36. The monoisotopic (exact) mass is 476 g/mol. The molecule has 3 aromatic rings. The Hall–Kier alpha value is -2.56. The Morgan fingerprint density at radius 3 is 2.81 bits per heavy atom. The van der Waals surface area contributed by atoms with Gasteiger partial charge in [0.1, 0.15) is 5.01 Å². The highest BCUT2D eigenvalue weighted by Crippen LogP contribution is 2.30. The molecular weight excluding hydrogens is 456 g/mol. The Morgan fingerprint density at radius 2 is 2.06 bits per heavy atom. The van der Waals surface area contributed by atoms with Crippen molar-refractivity contribution >= 4 is 50.1 Å². The summed E-state index contributed by atoms with van der Waals surface area (Å²) in [5.74, 6) is -0.845. The molecule has 0 bridgehead atoms. The minimum atomic E-state index is -3.36. The summed E-state index contributed by atoms with van der Waals surface area (Å²) in [4.78, 5) is 30.1. The number of aryl methyl sites for hydroxylation is 1. The lowest BCUT2D eigenvalue weighted by Crippen LogP contribution is -2.34. The molecule has 1 aliphatic heterocycles. The van der Waals surface area contributed by atoms with E-state index in [4.69, 9.17) is 4.74 Å². The average molecular weight is 477 g/mol. The topological polar surface area (TPSA) is 93.6 Å². The summed E-state index contributed by atoms with van der Waals surface area (Å²) in [5.41, 5.74) is 2.42. The second kappa shape index (κ2) is 8.89. The van der Waals surface area contributed by atoms with Gasteiger partial charge >= 0.3 is 5.97 Å². The molecule has 0 N–H and O–H groups in total. The van der Waals surface area contributed by atoms with Crippen LogP contribution in [0.25, 0.3) is 9.88 Å². The molecule has 31 heavy (non-hydrogen) atoms. The summed E-state index contributed by atoms with van der Waals surface area (Å²) in [6.45, 7) is 0.0664. The lowest BCUT2D eigenvalue weighted by Gasteiger charge is -2.29. The minimum absolute atomic E-state index is 0.00264. The number of thiazole rings is 1. The molecule has 0 saturated heterocycles. The second-order valence-corrected chi connectivity index (χ2v) is 10.9. The van der Waals surface area contributed by atoms with Crippen LogP contribution in [-0.4, -0.2) is 44.6 Å². The number of esters is 1. The second-order valence-electron chi connectivity index (χ2n) is 7.16. The van der Waals surface area contributed by atoms with Crippen molar-refractivity contribution in [3.8, 4) is 9.88 Å². The SMILES string of the molecule is CS(=O)(=O)N1CCCc2cc(C(=O)COC(=O)Cc3csc(-c4cccs4)n3)ccc21. The maximum Gasteiger partial charge on any atom is 0.312 e. The molecule has 0 amide bonds. The molecule has 0 spiro atoms. The first kappa shape index (κ1) is 21.7. The molecule has 7 nitrogen and oxygen atoms in total. The van der Waals surface area contributed by atoms with Crippen molar-refractivity contribution < 1.29 is 22.7 Å². The minimum Gasteiger partial charge on any atom is -0.457 e. The zero-order valence-electron chi connectivity index (χ0n) is 16.7. The highest BCUT2D eigenvalue weighted by atomic mass is 32.2. The van der Waals surface area contributed by atoms with Gasteiger partial charge in [-0.1, -0.05) is 6.07 Å². The zero-order chi connectivity index (χ0) is 22.0. The molecule has 0 atom stereocenters. The van der Waals surface area contributed by atoms with Gasteiger partial charge in [0.15, 0.2) is 12.4 Å². The number of carbonyl (C=O) groups is 2. The molecule has 2 aromatic heterocycles. The van der Waals surface area contributed by atoms with E-state index in [2.05, 4.69) is 4.98 Å². The van der Waals surface area contributed by atoms with E-state index < -0.39 is 16.0 Å². The lowest BCUT2D eigenvalue weighted by molar-refractivity contribution is -0.141. The number of rotatable bonds is 7. The number of hydrogen-bond donors (Lipinski definition) is 0. The molecule has 0 saturated carbocycles. The van der Waals surface area contributed by atoms with E-state index in [1.807, 2.05) is 22.9 Å². The van der Waals surface area contributed by atoms with Crippen LogP contribution in [0.4, 0.5) is 5.69 Å². The van der Waals surface area contributed by atoms with Gasteiger partial charge in [0, 0.05) is 17.5 Å². The number of ketones is 1. The van der Waals surface area contributed by atoms with Crippen molar-refractivity contribution in [3.63, 3.8) is 0 Å². The van der Waals surface area contributed by atoms with Crippen LogP contribution in [0.3, 0.4) is 0 Å². The number of nitrogens with zero attached hydrogens (tertiary/aromatic N) is 2. The Kier molecular flexibility index (Phi) is 6.22. The number of benzene rings is 1. The van der Waals surface area contributed by atoms with Crippen molar-refractivity contribution in [1.82, 2.24) is 4.98 Å².